The molecule has 0 saturated carbocycles. The second-order valence-electron chi connectivity index (χ2n) is 3.28. The van der Waals surface area contributed by atoms with Gasteiger partial charge in [0.05, 0.1) is 13.7 Å². The van der Waals surface area contributed by atoms with Crippen LogP contribution in [0.5, 0.6) is 0 Å². The Morgan fingerprint density at radius 1 is 1.57 bits per heavy atom. The SMILES string of the molecule is COC(=O)C(CN)N1CCCOCC1. The van der Waals surface area contributed by atoms with Crippen molar-refractivity contribution in [2.75, 3.05) is 40.0 Å². The van der Waals surface area contributed by atoms with Gasteiger partial charge in [0.25, 0.3) is 0 Å². The van der Waals surface area contributed by atoms with Crippen LogP contribution in [0.15, 0.2) is 0 Å². The largest absolute Gasteiger partial charge is 0.468 e. The fraction of sp³-hybridized carbons (Fsp3) is 0.889. The van der Waals surface area contributed by atoms with E-state index in [0.717, 1.165) is 26.1 Å². The molecule has 0 aromatic carbocycles. The smallest absolute Gasteiger partial charge is 0.324 e. The quantitative estimate of drug-likeness (QED) is 0.607. The van der Waals surface area contributed by atoms with Gasteiger partial charge in [-0.05, 0) is 6.42 Å². The maximum absolute atomic E-state index is 11.4. The van der Waals surface area contributed by atoms with Crippen molar-refractivity contribution in [1.29, 1.82) is 0 Å². The highest BCUT2D eigenvalue weighted by atomic mass is 16.5. The van der Waals surface area contributed by atoms with Gasteiger partial charge in [0.1, 0.15) is 6.04 Å². The summed E-state index contributed by atoms with van der Waals surface area (Å²) in [4.78, 5) is 13.4. The summed E-state index contributed by atoms with van der Waals surface area (Å²) < 4.78 is 9.99. The summed E-state index contributed by atoms with van der Waals surface area (Å²) in [7, 11) is 1.39. The standard InChI is InChI=1S/C9H18N2O3/c1-13-9(12)8(7-10)11-3-2-5-14-6-4-11/h8H,2-7,10H2,1H3. The molecule has 5 nitrogen and oxygen atoms in total. The zero-order valence-electron chi connectivity index (χ0n) is 8.57. The summed E-state index contributed by atoms with van der Waals surface area (Å²) >= 11 is 0. The first-order chi connectivity index (χ1) is 6.79. The number of hydrogen-bond acceptors (Lipinski definition) is 5. The molecule has 0 radical (unpaired) electrons. The van der Waals surface area contributed by atoms with Crippen molar-refractivity contribution in [3.63, 3.8) is 0 Å². The molecule has 1 atom stereocenters. The fourth-order valence-electron chi connectivity index (χ4n) is 1.61. The summed E-state index contributed by atoms with van der Waals surface area (Å²) in [5.41, 5.74) is 5.55. The normalized spacial score (nSPS) is 21.3. The summed E-state index contributed by atoms with van der Waals surface area (Å²) in [6.45, 7) is 3.31. The molecule has 1 aliphatic rings. The Morgan fingerprint density at radius 2 is 2.36 bits per heavy atom. The van der Waals surface area contributed by atoms with Gasteiger partial charge in [-0.3, -0.25) is 9.69 Å². The van der Waals surface area contributed by atoms with Gasteiger partial charge < -0.3 is 15.2 Å². The van der Waals surface area contributed by atoms with Crippen LogP contribution >= 0.6 is 0 Å². The van der Waals surface area contributed by atoms with Gasteiger partial charge in [0, 0.05) is 26.2 Å². The van der Waals surface area contributed by atoms with Crippen LogP contribution in [0, 0.1) is 0 Å². The molecule has 0 aliphatic carbocycles. The second-order valence-corrected chi connectivity index (χ2v) is 3.28. The lowest BCUT2D eigenvalue weighted by Crippen LogP contribution is -2.47. The van der Waals surface area contributed by atoms with Crippen molar-refractivity contribution in [2.45, 2.75) is 12.5 Å². The second kappa shape index (κ2) is 5.95. The lowest BCUT2D eigenvalue weighted by Gasteiger charge is -2.26. The number of methoxy groups -OCH3 is 1. The van der Waals surface area contributed by atoms with E-state index in [1.54, 1.807) is 0 Å². The first-order valence-corrected chi connectivity index (χ1v) is 4.89. The molecule has 82 valence electrons. The third-order valence-electron chi connectivity index (χ3n) is 2.39. The van der Waals surface area contributed by atoms with Gasteiger partial charge in [0.15, 0.2) is 0 Å². The van der Waals surface area contributed by atoms with E-state index in [2.05, 4.69) is 0 Å². The van der Waals surface area contributed by atoms with Gasteiger partial charge in [-0.25, -0.2) is 0 Å². The predicted molar refractivity (Wildman–Crippen MR) is 51.9 cm³/mol. The molecular weight excluding hydrogens is 184 g/mol. The van der Waals surface area contributed by atoms with Crippen LogP contribution in [-0.4, -0.2) is 56.9 Å². The molecule has 1 saturated heterocycles. The third kappa shape index (κ3) is 2.94. The lowest BCUT2D eigenvalue weighted by atomic mass is 10.2. The fourth-order valence-corrected chi connectivity index (χ4v) is 1.61. The number of nitrogens with zero attached hydrogens (tertiary/aromatic N) is 1. The number of carbonyl (C=O) groups excluding carboxylic acids is 1. The highest BCUT2D eigenvalue weighted by molar-refractivity contribution is 5.75. The van der Waals surface area contributed by atoms with Crippen molar-refractivity contribution in [1.82, 2.24) is 4.90 Å². The third-order valence-corrected chi connectivity index (χ3v) is 2.39. The molecule has 1 fully saturated rings. The van der Waals surface area contributed by atoms with Crippen molar-refractivity contribution in [3.8, 4) is 0 Å². The Morgan fingerprint density at radius 3 is 3.00 bits per heavy atom. The minimum atomic E-state index is -0.318. The number of carbonyl (C=O) groups is 1. The maximum atomic E-state index is 11.4. The molecule has 14 heavy (non-hydrogen) atoms. The Hall–Kier alpha value is -0.650. The molecule has 0 aromatic rings. The first kappa shape index (κ1) is 11.4. The number of hydrogen-bond donors (Lipinski definition) is 1. The molecule has 1 unspecified atom stereocenters. The Kier molecular flexibility index (Phi) is 4.86. The molecule has 2 N–H and O–H groups in total. The van der Waals surface area contributed by atoms with Gasteiger partial charge in [-0.15, -0.1) is 0 Å². The van der Waals surface area contributed by atoms with E-state index in [0.29, 0.717) is 13.2 Å². The van der Waals surface area contributed by atoms with E-state index in [9.17, 15) is 4.79 Å². The van der Waals surface area contributed by atoms with Crippen molar-refractivity contribution in [3.05, 3.63) is 0 Å². The summed E-state index contributed by atoms with van der Waals surface area (Å²) in [5.74, 6) is -0.255. The molecule has 5 heteroatoms. The number of ether oxygens (including phenoxy) is 2. The van der Waals surface area contributed by atoms with Crippen molar-refractivity contribution < 1.29 is 14.3 Å². The molecular formula is C9H18N2O3. The van der Waals surface area contributed by atoms with Crippen LogP contribution in [0.4, 0.5) is 0 Å². The number of nitrogens with two attached hydrogens (primary N) is 1. The lowest BCUT2D eigenvalue weighted by molar-refractivity contribution is -0.146. The predicted octanol–water partition coefficient (Wildman–Crippen LogP) is -0.791. The zero-order chi connectivity index (χ0) is 10.4. The van der Waals surface area contributed by atoms with E-state index in [4.69, 9.17) is 15.2 Å². The molecule has 0 aromatic heterocycles. The average Bonchev–Trinajstić information content (AvgIpc) is 2.47. The highest BCUT2D eigenvalue weighted by Crippen LogP contribution is 2.05. The van der Waals surface area contributed by atoms with E-state index in [1.807, 2.05) is 4.90 Å². The van der Waals surface area contributed by atoms with Crippen LogP contribution < -0.4 is 5.73 Å². The van der Waals surface area contributed by atoms with Crippen LogP contribution in [-0.2, 0) is 14.3 Å². The topological polar surface area (TPSA) is 64.8 Å². The van der Waals surface area contributed by atoms with Crippen LogP contribution in [0.25, 0.3) is 0 Å². The molecule has 0 bridgehead atoms. The Balaban J connectivity index is 2.52. The van der Waals surface area contributed by atoms with Crippen molar-refractivity contribution >= 4 is 5.97 Å². The maximum Gasteiger partial charge on any atom is 0.324 e. The van der Waals surface area contributed by atoms with Gasteiger partial charge in [-0.2, -0.15) is 0 Å². The molecule has 1 aliphatic heterocycles. The minimum absolute atomic E-state index is 0.255. The van der Waals surface area contributed by atoms with Crippen LogP contribution in [0.3, 0.4) is 0 Å². The molecule has 0 amide bonds. The van der Waals surface area contributed by atoms with Crippen LogP contribution in [0.1, 0.15) is 6.42 Å². The molecule has 1 heterocycles. The van der Waals surface area contributed by atoms with E-state index >= 15 is 0 Å². The van der Waals surface area contributed by atoms with Gasteiger partial charge in [0.2, 0.25) is 0 Å². The molecule has 0 spiro atoms. The van der Waals surface area contributed by atoms with Gasteiger partial charge >= 0.3 is 5.97 Å². The summed E-state index contributed by atoms with van der Waals surface area (Å²) in [5, 5.41) is 0. The minimum Gasteiger partial charge on any atom is -0.468 e. The zero-order valence-corrected chi connectivity index (χ0v) is 8.57. The van der Waals surface area contributed by atoms with Crippen LogP contribution in [0.2, 0.25) is 0 Å². The molecule has 1 rings (SSSR count). The summed E-state index contributed by atoms with van der Waals surface area (Å²) in [6.07, 6.45) is 0.938. The Labute approximate surface area is 84.1 Å². The monoisotopic (exact) mass is 202 g/mol. The number of rotatable bonds is 3. The Bertz CT molecular complexity index is 179. The van der Waals surface area contributed by atoms with E-state index < -0.39 is 0 Å². The van der Waals surface area contributed by atoms with E-state index in [1.165, 1.54) is 7.11 Å². The van der Waals surface area contributed by atoms with E-state index in [-0.39, 0.29) is 12.0 Å². The summed E-state index contributed by atoms with van der Waals surface area (Å²) in [6, 6.07) is -0.318. The first-order valence-electron chi connectivity index (χ1n) is 4.89. The average molecular weight is 202 g/mol. The highest BCUT2D eigenvalue weighted by Gasteiger charge is 2.25. The van der Waals surface area contributed by atoms with Gasteiger partial charge in [-0.1, -0.05) is 0 Å². The number of esters is 1. The van der Waals surface area contributed by atoms with Crippen molar-refractivity contribution in [2.24, 2.45) is 5.73 Å².